The Hall–Kier alpha value is -2.80. The first-order valence-corrected chi connectivity index (χ1v) is 9.04. The average molecular weight is 370 g/mol. The summed E-state index contributed by atoms with van der Waals surface area (Å²) < 4.78 is 5.17. The van der Waals surface area contributed by atoms with Crippen LogP contribution in [0.15, 0.2) is 58.1 Å². The Kier molecular flexibility index (Phi) is 5.91. The molecule has 0 bridgehead atoms. The molecule has 2 heterocycles. The van der Waals surface area contributed by atoms with Gasteiger partial charge in [-0.15, -0.1) is 0 Å². The number of furan rings is 1. The van der Waals surface area contributed by atoms with Crippen molar-refractivity contribution >= 4 is 34.9 Å². The molecule has 0 radical (unpaired) electrons. The van der Waals surface area contributed by atoms with Crippen molar-refractivity contribution in [3.63, 3.8) is 0 Å². The van der Waals surface area contributed by atoms with E-state index in [2.05, 4.69) is 5.32 Å². The van der Waals surface area contributed by atoms with Gasteiger partial charge in [-0.3, -0.25) is 19.3 Å². The number of carbonyl (C=O) groups is 3. The number of benzene rings is 1. The van der Waals surface area contributed by atoms with Gasteiger partial charge in [0.1, 0.15) is 5.76 Å². The molecule has 1 saturated heterocycles. The largest absolute Gasteiger partial charge is 0.469 e. The highest BCUT2D eigenvalue weighted by atomic mass is 32.2. The van der Waals surface area contributed by atoms with Crippen molar-refractivity contribution in [2.45, 2.75) is 12.8 Å². The summed E-state index contributed by atoms with van der Waals surface area (Å²) in [5.41, 5.74) is 0.865. The third-order valence-corrected chi connectivity index (χ3v) is 4.71. The highest BCUT2D eigenvalue weighted by Crippen LogP contribution is 2.31. The molecule has 0 atom stereocenters. The summed E-state index contributed by atoms with van der Waals surface area (Å²) in [6.07, 6.45) is 4.08. The highest BCUT2D eigenvalue weighted by molar-refractivity contribution is 8.18. The summed E-state index contributed by atoms with van der Waals surface area (Å²) in [5.74, 6) is 0.277. The summed E-state index contributed by atoms with van der Waals surface area (Å²) >= 11 is 0.917. The molecule has 1 aromatic carbocycles. The Morgan fingerprint density at radius 3 is 2.69 bits per heavy atom. The van der Waals surface area contributed by atoms with Crippen molar-refractivity contribution in [2.24, 2.45) is 0 Å². The number of amides is 3. The predicted octanol–water partition coefficient (Wildman–Crippen LogP) is 3.06. The number of hydrogen-bond donors (Lipinski definition) is 1. The molecule has 0 spiro atoms. The zero-order valence-corrected chi connectivity index (χ0v) is 14.8. The molecule has 1 N–H and O–H groups in total. The monoisotopic (exact) mass is 370 g/mol. The van der Waals surface area contributed by atoms with E-state index >= 15 is 0 Å². The Morgan fingerprint density at radius 2 is 1.96 bits per heavy atom. The Balaban J connectivity index is 1.47. The van der Waals surface area contributed by atoms with E-state index in [1.807, 2.05) is 36.4 Å². The van der Waals surface area contributed by atoms with E-state index in [0.29, 0.717) is 17.7 Å². The lowest BCUT2D eigenvalue weighted by Gasteiger charge is -2.12. The van der Waals surface area contributed by atoms with Crippen molar-refractivity contribution in [1.82, 2.24) is 10.2 Å². The molecule has 1 aromatic heterocycles. The molecule has 0 saturated carbocycles. The van der Waals surface area contributed by atoms with Gasteiger partial charge in [-0.1, -0.05) is 30.3 Å². The van der Waals surface area contributed by atoms with Gasteiger partial charge in [0.05, 0.1) is 11.2 Å². The second-order valence-corrected chi connectivity index (χ2v) is 6.67. The van der Waals surface area contributed by atoms with Crippen LogP contribution < -0.4 is 5.32 Å². The summed E-state index contributed by atoms with van der Waals surface area (Å²) in [4.78, 5) is 37.8. The summed E-state index contributed by atoms with van der Waals surface area (Å²) in [5, 5.41) is 2.40. The zero-order chi connectivity index (χ0) is 18.4. The van der Waals surface area contributed by atoms with Crippen molar-refractivity contribution in [3.05, 3.63) is 65.0 Å². The van der Waals surface area contributed by atoms with E-state index in [9.17, 15) is 14.4 Å². The van der Waals surface area contributed by atoms with Crippen molar-refractivity contribution in [2.75, 3.05) is 13.1 Å². The minimum atomic E-state index is -0.325. The highest BCUT2D eigenvalue weighted by Gasteiger charge is 2.34. The summed E-state index contributed by atoms with van der Waals surface area (Å²) in [6.45, 7) is 0.386. The molecule has 3 amide bonds. The van der Waals surface area contributed by atoms with Crippen LogP contribution in [-0.4, -0.2) is 35.0 Å². The molecule has 26 heavy (non-hydrogen) atoms. The Bertz CT molecular complexity index is 815. The van der Waals surface area contributed by atoms with Crippen LogP contribution in [0.4, 0.5) is 4.79 Å². The van der Waals surface area contributed by atoms with Gasteiger partial charge < -0.3 is 9.73 Å². The maximum Gasteiger partial charge on any atom is 0.293 e. The van der Waals surface area contributed by atoms with E-state index in [-0.39, 0.29) is 30.1 Å². The van der Waals surface area contributed by atoms with Crippen molar-refractivity contribution in [1.29, 1.82) is 0 Å². The number of thioether (sulfide) groups is 1. The van der Waals surface area contributed by atoms with Crippen LogP contribution in [0.2, 0.25) is 0 Å². The molecule has 1 aliphatic rings. The van der Waals surface area contributed by atoms with Crippen LogP contribution >= 0.6 is 11.8 Å². The summed E-state index contributed by atoms with van der Waals surface area (Å²) in [7, 11) is 0. The second-order valence-electron chi connectivity index (χ2n) is 5.67. The molecule has 0 aliphatic carbocycles. The average Bonchev–Trinajstić information content (AvgIpc) is 3.25. The molecule has 2 aromatic rings. The molecule has 1 fully saturated rings. The topological polar surface area (TPSA) is 79.6 Å². The maximum atomic E-state index is 12.4. The smallest absolute Gasteiger partial charge is 0.293 e. The molecule has 7 heteroatoms. The van der Waals surface area contributed by atoms with Crippen LogP contribution in [0.25, 0.3) is 6.08 Å². The fourth-order valence-corrected chi connectivity index (χ4v) is 3.35. The quantitative estimate of drug-likeness (QED) is 0.758. The number of hydrogen-bond acceptors (Lipinski definition) is 5. The Labute approximate surface area is 155 Å². The minimum Gasteiger partial charge on any atom is -0.469 e. The number of carbonyl (C=O) groups excluding carboxylic acids is 3. The number of aryl methyl sites for hydroxylation is 1. The van der Waals surface area contributed by atoms with E-state index in [1.165, 1.54) is 0 Å². The molecule has 1 aliphatic heterocycles. The number of rotatable bonds is 7. The van der Waals surface area contributed by atoms with Gasteiger partial charge >= 0.3 is 0 Å². The fraction of sp³-hybridized carbons (Fsp3) is 0.211. The molecule has 6 nitrogen and oxygen atoms in total. The third kappa shape index (κ3) is 4.64. The predicted molar refractivity (Wildman–Crippen MR) is 99.2 cm³/mol. The van der Waals surface area contributed by atoms with E-state index in [1.54, 1.807) is 18.4 Å². The van der Waals surface area contributed by atoms with Gasteiger partial charge in [0, 0.05) is 25.9 Å². The zero-order valence-electron chi connectivity index (χ0n) is 14.0. The van der Waals surface area contributed by atoms with Crippen LogP contribution in [-0.2, 0) is 16.0 Å². The molecule has 3 rings (SSSR count). The number of nitrogens with zero attached hydrogens (tertiary/aromatic N) is 1. The van der Waals surface area contributed by atoms with Gasteiger partial charge in [0.15, 0.2) is 0 Å². The molecule has 0 unspecified atom stereocenters. The Morgan fingerprint density at radius 1 is 1.15 bits per heavy atom. The van der Waals surface area contributed by atoms with Gasteiger partial charge in [0.2, 0.25) is 5.91 Å². The van der Waals surface area contributed by atoms with Crippen molar-refractivity contribution in [3.8, 4) is 0 Å². The van der Waals surface area contributed by atoms with Gasteiger partial charge in [0.25, 0.3) is 11.1 Å². The standard InChI is InChI=1S/C19H18N2O4S/c22-17(9-8-15-7-4-12-25-15)20-10-11-21-18(23)16(26-19(21)24)13-14-5-2-1-3-6-14/h1-7,12-13H,8-11H2,(H,20,22)/b16-13-. The first kappa shape index (κ1) is 18.0. The molecular weight excluding hydrogens is 352 g/mol. The third-order valence-electron chi connectivity index (χ3n) is 3.81. The molecular formula is C19H18N2O4S. The lowest BCUT2D eigenvalue weighted by molar-refractivity contribution is -0.124. The van der Waals surface area contributed by atoms with Crippen LogP contribution in [0.5, 0.6) is 0 Å². The fourth-order valence-electron chi connectivity index (χ4n) is 2.48. The van der Waals surface area contributed by atoms with Gasteiger partial charge in [-0.2, -0.15) is 0 Å². The van der Waals surface area contributed by atoms with E-state index < -0.39 is 0 Å². The lowest BCUT2D eigenvalue weighted by Crippen LogP contribution is -2.37. The van der Waals surface area contributed by atoms with Crippen LogP contribution in [0.1, 0.15) is 17.7 Å². The van der Waals surface area contributed by atoms with E-state index in [0.717, 1.165) is 28.0 Å². The minimum absolute atomic E-state index is 0.145. The van der Waals surface area contributed by atoms with Crippen LogP contribution in [0.3, 0.4) is 0 Å². The second kappa shape index (κ2) is 8.53. The maximum absolute atomic E-state index is 12.4. The van der Waals surface area contributed by atoms with Crippen LogP contribution in [0, 0.1) is 0 Å². The SMILES string of the molecule is O=C(CCc1ccco1)NCCN1C(=O)S/C(=C\c2ccccc2)C1=O. The van der Waals surface area contributed by atoms with Crippen molar-refractivity contribution < 1.29 is 18.8 Å². The first-order chi connectivity index (χ1) is 12.6. The first-order valence-electron chi connectivity index (χ1n) is 8.23. The van der Waals surface area contributed by atoms with Gasteiger partial charge in [-0.05, 0) is 35.5 Å². The van der Waals surface area contributed by atoms with Gasteiger partial charge in [-0.25, -0.2) is 0 Å². The number of nitrogens with one attached hydrogen (secondary N) is 1. The molecule has 134 valence electrons. The number of imide groups is 1. The van der Waals surface area contributed by atoms with E-state index in [4.69, 9.17) is 4.42 Å². The summed E-state index contributed by atoms with van der Waals surface area (Å²) in [6, 6.07) is 12.9. The lowest BCUT2D eigenvalue weighted by atomic mass is 10.2. The normalized spacial score (nSPS) is 15.7.